The fourth-order valence-electron chi connectivity index (χ4n) is 2.96. The van der Waals surface area contributed by atoms with E-state index < -0.39 is 12.1 Å². The van der Waals surface area contributed by atoms with Crippen LogP contribution in [0.1, 0.15) is 27.7 Å². The summed E-state index contributed by atoms with van der Waals surface area (Å²) in [6.07, 6.45) is 6.22. The fourth-order valence-corrected chi connectivity index (χ4v) is 6.33. The molecule has 2 aliphatic heterocycles. The lowest BCUT2D eigenvalue weighted by atomic mass is 10.2. The van der Waals surface area contributed by atoms with Crippen LogP contribution in [0.2, 0.25) is 0 Å². The molecule has 2 aromatic rings. The Morgan fingerprint density at radius 3 is 2.12 bits per heavy atom. The molecule has 0 unspecified atom stereocenters. The van der Waals surface area contributed by atoms with Gasteiger partial charge in [0.15, 0.2) is 22.0 Å². The lowest BCUT2D eigenvalue weighted by molar-refractivity contribution is -0.142. The van der Waals surface area contributed by atoms with E-state index in [0.717, 1.165) is 32.3 Å². The van der Waals surface area contributed by atoms with E-state index in [0.29, 0.717) is 11.7 Å². The van der Waals surface area contributed by atoms with Gasteiger partial charge >= 0.3 is 12.1 Å². The third kappa shape index (κ3) is 5.25. The van der Waals surface area contributed by atoms with E-state index in [1.54, 1.807) is 33.9 Å². The molecule has 0 atom stereocenters. The van der Waals surface area contributed by atoms with E-state index in [1.165, 1.54) is 34.9 Å². The zero-order valence-corrected chi connectivity index (χ0v) is 22.2. The summed E-state index contributed by atoms with van der Waals surface area (Å²) in [4.78, 5) is 42.9. The van der Waals surface area contributed by atoms with Gasteiger partial charge in [-0.2, -0.15) is 0 Å². The van der Waals surface area contributed by atoms with Crippen molar-refractivity contribution in [3.8, 4) is 0 Å². The summed E-state index contributed by atoms with van der Waals surface area (Å²) < 4.78 is 6.90. The van der Waals surface area contributed by atoms with Crippen molar-refractivity contribution in [2.75, 3.05) is 13.6 Å². The lowest BCUT2D eigenvalue weighted by Gasteiger charge is -2.17. The average molecular weight is 543 g/mol. The van der Waals surface area contributed by atoms with Crippen LogP contribution in [0.15, 0.2) is 45.4 Å². The molecule has 2 aromatic heterocycles. The van der Waals surface area contributed by atoms with Gasteiger partial charge in [-0.15, -0.1) is 0 Å². The van der Waals surface area contributed by atoms with Crippen LogP contribution < -0.4 is 4.72 Å². The minimum Gasteiger partial charge on any atom is -0.315 e. The zero-order chi connectivity index (χ0) is 24.5. The fraction of sp³-hybridized carbons (Fsp3) is 0.444. The third-order valence-corrected chi connectivity index (χ3v) is 8.88. The highest BCUT2D eigenvalue weighted by molar-refractivity contribution is 8.75. The molecule has 16 heteroatoms. The molecule has 0 spiro atoms. The van der Waals surface area contributed by atoms with Crippen molar-refractivity contribution in [3.05, 3.63) is 24.8 Å². The molecule has 1 N–H and O–H groups in total. The molecule has 12 nitrogen and oxygen atoms in total. The van der Waals surface area contributed by atoms with Gasteiger partial charge in [0.2, 0.25) is 0 Å². The maximum Gasteiger partial charge on any atom is 0.446 e. The Hall–Kier alpha value is -2.14. The smallest absolute Gasteiger partial charge is 0.315 e. The summed E-state index contributed by atoms with van der Waals surface area (Å²) in [7, 11) is 3.65. The molecule has 182 valence electrons. The summed E-state index contributed by atoms with van der Waals surface area (Å²) in [5.41, 5.74) is 0. The van der Waals surface area contributed by atoms with Crippen LogP contribution in [0.3, 0.4) is 0 Å². The molecular formula is C18H22N8O4S4. The quantitative estimate of drug-likeness (QED) is 0.182. The highest BCUT2D eigenvalue weighted by Crippen LogP contribution is 2.40. The molecule has 0 saturated carbocycles. The number of imidazole rings is 2. The topological polar surface area (TPSA) is 128 Å². The van der Waals surface area contributed by atoms with Gasteiger partial charge in [0.05, 0.1) is 9.49 Å². The highest BCUT2D eigenvalue weighted by atomic mass is 33.1. The van der Waals surface area contributed by atoms with Crippen molar-refractivity contribution in [3.63, 3.8) is 0 Å². The van der Waals surface area contributed by atoms with Crippen LogP contribution in [-0.2, 0) is 14.5 Å². The number of fused-ring (bicyclic) bond motifs is 2. The van der Waals surface area contributed by atoms with Crippen molar-refractivity contribution < 1.29 is 19.3 Å². The first-order valence-corrected chi connectivity index (χ1v) is 13.7. The van der Waals surface area contributed by atoms with Crippen molar-refractivity contribution in [2.24, 2.45) is 10.3 Å². The summed E-state index contributed by atoms with van der Waals surface area (Å²) in [6, 6.07) is 0. The second-order valence-corrected chi connectivity index (χ2v) is 13.3. The number of thioether (sulfide) groups is 2. The van der Waals surface area contributed by atoms with Gasteiger partial charge in [-0.05, 0) is 27.7 Å². The zero-order valence-electron chi connectivity index (χ0n) is 18.9. The predicted molar refractivity (Wildman–Crippen MR) is 134 cm³/mol. The first-order valence-electron chi connectivity index (χ1n) is 9.92. The average Bonchev–Trinajstić information content (AvgIpc) is 3.48. The molecule has 0 radical (unpaired) electrons. The number of nitrogens with one attached hydrogen (secondary N) is 1. The second kappa shape index (κ2) is 9.85. The van der Waals surface area contributed by atoms with Crippen LogP contribution in [0.5, 0.6) is 0 Å². The van der Waals surface area contributed by atoms with Crippen LogP contribution in [0.4, 0.5) is 4.79 Å². The maximum atomic E-state index is 12.3. The molecule has 34 heavy (non-hydrogen) atoms. The number of hydrogen-bond acceptors (Lipinski definition) is 13. The normalized spacial score (nSPS) is 19.8. The molecular weight excluding hydrogens is 521 g/mol. The number of amides is 1. The van der Waals surface area contributed by atoms with Gasteiger partial charge in [0, 0.05) is 53.8 Å². The molecule has 0 fully saturated rings. The van der Waals surface area contributed by atoms with Gasteiger partial charge in [-0.3, -0.25) is 14.0 Å². The minimum atomic E-state index is -0.660. The number of rotatable bonds is 7. The van der Waals surface area contributed by atoms with E-state index in [1.807, 2.05) is 27.7 Å². The van der Waals surface area contributed by atoms with E-state index in [2.05, 4.69) is 25.0 Å². The predicted octanol–water partition coefficient (Wildman–Crippen LogP) is 3.28. The number of carbonyl (C=O) groups is 2. The first kappa shape index (κ1) is 25.0. The van der Waals surface area contributed by atoms with E-state index in [4.69, 9.17) is 9.68 Å². The summed E-state index contributed by atoms with van der Waals surface area (Å²) in [5, 5.41) is 9.65. The molecule has 0 bridgehead atoms. The largest absolute Gasteiger partial charge is 0.446 e. The molecule has 0 saturated heterocycles. The van der Waals surface area contributed by atoms with Gasteiger partial charge in [-0.1, -0.05) is 33.8 Å². The summed E-state index contributed by atoms with van der Waals surface area (Å²) >= 11 is 3.07. The Balaban J connectivity index is 1.20. The monoisotopic (exact) mass is 542 g/mol. The SMILES string of the molecule is CN(SSNCC(=O)ON=C1n2ccnc2SC1(C)C)C(=O)ON=C1n2ccnc2SC1(C)C. The molecule has 2 aliphatic rings. The Kier molecular flexibility index (Phi) is 7.23. The summed E-state index contributed by atoms with van der Waals surface area (Å²) in [5.74, 6) is 0.610. The standard InChI is InChI=1S/C18H22N8O4S4/c1-17(2)12(25-8-6-19-14(25)31-17)22-29-11(27)10-21-33-34-24(5)16(28)30-23-13-18(3,4)32-15-20-7-9-26(13)15/h6-9,21H,10H2,1-5H3. The summed E-state index contributed by atoms with van der Waals surface area (Å²) in [6.45, 7) is 7.79. The number of oxime groups is 2. The maximum absolute atomic E-state index is 12.3. The molecule has 4 heterocycles. The van der Waals surface area contributed by atoms with Crippen LogP contribution in [0, 0.1) is 0 Å². The van der Waals surface area contributed by atoms with Crippen molar-refractivity contribution in [1.82, 2.24) is 28.1 Å². The van der Waals surface area contributed by atoms with Crippen LogP contribution in [0.25, 0.3) is 0 Å². The Labute approximate surface area is 212 Å². The Bertz CT molecular complexity index is 1160. The van der Waals surface area contributed by atoms with Gasteiger partial charge in [0.1, 0.15) is 6.54 Å². The second-order valence-electron chi connectivity index (χ2n) is 8.01. The number of hydrogen-bond donors (Lipinski definition) is 1. The number of carbonyl (C=O) groups excluding carboxylic acids is 2. The van der Waals surface area contributed by atoms with Crippen LogP contribution >= 0.6 is 45.5 Å². The van der Waals surface area contributed by atoms with Crippen molar-refractivity contribution in [1.29, 1.82) is 0 Å². The lowest BCUT2D eigenvalue weighted by Crippen LogP contribution is -2.29. The molecule has 4 rings (SSSR count). The molecule has 1 amide bonds. The van der Waals surface area contributed by atoms with E-state index in [-0.39, 0.29) is 16.0 Å². The highest BCUT2D eigenvalue weighted by Gasteiger charge is 2.39. The number of nitrogens with zero attached hydrogens (tertiary/aromatic N) is 7. The minimum absolute atomic E-state index is 0.112. The number of aromatic nitrogens is 4. The Morgan fingerprint density at radius 2 is 1.56 bits per heavy atom. The third-order valence-electron chi connectivity index (χ3n) is 4.57. The van der Waals surface area contributed by atoms with Gasteiger partial charge in [0.25, 0.3) is 0 Å². The molecule has 0 aliphatic carbocycles. The van der Waals surface area contributed by atoms with Crippen LogP contribution in [-0.4, -0.2) is 70.2 Å². The van der Waals surface area contributed by atoms with E-state index in [9.17, 15) is 9.59 Å². The first-order chi connectivity index (χ1) is 16.1. The Morgan fingerprint density at radius 1 is 1.03 bits per heavy atom. The van der Waals surface area contributed by atoms with Gasteiger partial charge < -0.3 is 4.84 Å². The van der Waals surface area contributed by atoms with Crippen molar-refractivity contribution >= 4 is 69.2 Å². The van der Waals surface area contributed by atoms with Crippen molar-refractivity contribution in [2.45, 2.75) is 47.5 Å². The van der Waals surface area contributed by atoms with Gasteiger partial charge in [-0.25, -0.2) is 28.6 Å². The van der Waals surface area contributed by atoms with E-state index >= 15 is 0 Å². The molecule has 0 aromatic carbocycles.